The average Bonchev–Trinajstić information content (AvgIpc) is 2.84. The fraction of sp³-hybridized carbons (Fsp3) is 0.625. The summed E-state index contributed by atoms with van der Waals surface area (Å²) in [4.78, 5) is 0. The number of ether oxygens (including phenoxy) is 1. The van der Waals surface area contributed by atoms with Gasteiger partial charge in [0.15, 0.2) is 0 Å². The van der Waals surface area contributed by atoms with E-state index in [1.54, 1.807) is 7.11 Å². The van der Waals surface area contributed by atoms with Crippen LogP contribution >= 0.6 is 0 Å². The lowest BCUT2D eigenvalue weighted by atomic mass is 9.88. The highest BCUT2D eigenvalue weighted by atomic mass is 16.5. The van der Waals surface area contributed by atoms with Crippen molar-refractivity contribution in [3.8, 4) is 5.75 Å². The lowest BCUT2D eigenvalue weighted by Gasteiger charge is -2.23. The molecule has 1 N–H and O–H groups in total. The van der Waals surface area contributed by atoms with Crippen LogP contribution in [0, 0.1) is 5.92 Å². The SMILES string of the molecule is COc1ccccc1C1CCCC1CNC(C)C. The molecule has 1 aliphatic rings. The maximum atomic E-state index is 5.51. The van der Waals surface area contributed by atoms with Crippen molar-refractivity contribution in [3.05, 3.63) is 29.8 Å². The van der Waals surface area contributed by atoms with E-state index < -0.39 is 0 Å². The molecule has 0 bridgehead atoms. The Morgan fingerprint density at radius 3 is 2.78 bits per heavy atom. The molecule has 1 aliphatic carbocycles. The van der Waals surface area contributed by atoms with Crippen LogP contribution in [0.2, 0.25) is 0 Å². The van der Waals surface area contributed by atoms with E-state index >= 15 is 0 Å². The fourth-order valence-corrected chi connectivity index (χ4v) is 3.05. The Morgan fingerprint density at radius 2 is 2.06 bits per heavy atom. The van der Waals surface area contributed by atoms with Crippen molar-refractivity contribution >= 4 is 0 Å². The highest BCUT2D eigenvalue weighted by Gasteiger charge is 2.30. The van der Waals surface area contributed by atoms with Gasteiger partial charge in [0.25, 0.3) is 0 Å². The largest absolute Gasteiger partial charge is 0.496 e. The third-order valence-electron chi connectivity index (χ3n) is 3.99. The summed E-state index contributed by atoms with van der Waals surface area (Å²) in [6.07, 6.45) is 3.97. The zero-order valence-electron chi connectivity index (χ0n) is 11.8. The van der Waals surface area contributed by atoms with Crippen molar-refractivity contribution < 1.29 is 4.74 Å². The van der Waals surface area contributed by atoms with Crippen LogP contribution in [0.25, 0.3) is 0 Å². The highest BCUT2D eigenvalue weighted by Crippen LogP contribution is 2.42. The van der Waals surface area contributed by atoms with Gasteiger partial charge in [0.05, 0.1) is 7.11 Å². The molecule has 1 saturated carbocycles. The zero-order valence-corrected chi connectivity index (χ0v) is 11.8. The van der Waals surface area contributed by atoms with E-state index in [9.17, 15) is 0 Å². The van der Waals surface area contributed by atoms with Crippen molar-refractivity contribution in [1.82, 2.24) is 5.32 Å². The van der Waals surface area contributed by atoms with Gasteiger partial charge in [-0.25, -0.2) is 0 Å². The van der Waals surface area contributed by atoms with E-state index in [1.165, 1.54) is 24.8 Å². The summed E-state index contributed by atoms with van der Waals surface area (Å²) in [5.41, 5.74) is 1.40. The van der Waals surface area contributed by atoms with E-state index in [-0.39, 0.29) is 0 Å². The van der Waals surface area contributed by atoms with Gasteiger partial charge in [-0.05, 0) is 42.9 Å². The van der Waals surface area contributed by atoms with E-state index in [4.69, 9.17) is 4.74 Å². The molecule has 2 unspecified atom stereocenters. The minimum absolute atomic E-state index is 0.573. The van der Waals surface area contributed by atoms with Crippen molar-refractivity contribution in [2.24, 2.45) is 5.92 Å². The summed E-state index contributed by atoms with van der Waals surface area (Å²) >= 11 is 0. The molecule has 1 aromatic carbocycles. The van der Waals surface area contributed by atoms with Crippen LogP contribution in [-0.4, -0.2) is 19.7 Å². The molecular formula is C16H25NO. The molecule has 0 radical (unpaired) electrons. The first-order valence-corrected chi connectivity index (χ1v) is 7.08. The molecule has 2 heteroatoms. The van der Waals surface area contributed by atoms with Crippen LogP contribution < -0.4 is 10.1 Å². The zero-order chi connectivity index (χ0) is 13.0. The standard InChI is InChI=1S/C16H25NO/c1-12(2)17-11-13-7-6-9-14(13)15-8-4-5-10-16(15)18-3/h4-5,8,10,12-14,17H,6-7,9,11H2,1-3H3. The van der Waals surface area contributed by atoms with E-state index in [0.29, 0.717) is 12.0 Å². The van der Waals surface area contributed by atoms with E-state index in [2.05, 4.69) is 43.4 Å². The fourth-order valence-electron chi connectivity index (χ4n) is 3.05. The number of rotatable bonds is 5. The predicted octanol–water partition coefficient (Wildman–Crippen LogP) is 3.58. The third-order valence-corrected chi connectivity index (χ3v) is 3.99. The normalized spacial score (nSPS) is 23.6. The van der Waals surface area contributed by atoms with Gasteiger partial charge < -0.3 is 10.1 Å². The second-order valence-electron chi connectivity index (χ2n) is 5.60. The summed E-state index contributed by atoms with van der Waals surface area (Å²) in [5.74, 6) is 2.47. The maximum absolute atomic E-state index is 5.51. The van der Waals surface area contributed by atoms with Crippen LogP contribution in [0.3, 0.4) is 0 Å². The minimum atomic E-state index is 0.573. The number of benzene rings is 1. The number of para-hydroxylation sites is 1. The predicted molar refractivity (Wildman–Crippen MR) is 76.2 cm³/mol. The second-order valence-corrected chi connectivity index (χ2v) is 5.60. The van der Waals surface area contributed by atoms with Crippen LogP contribution in [0.4, 0.5) is 0 Å². The molecule has 100 valence electrons. The first kappa shape index (κ1) is 13.4. The number of methoxy groups -OCH3 is 1. The van der Waals surface area contributed by atoms with Crippen molar-refractivity contribution in [2.45, 2.75) is 45.1 Å². The molecule has 0 aromatic heterocycles. The van der Waals surface area contributed by atoms with Gasteiger partial charge in [-0.2, -0.15) is 0 Å². The van der Waals surface area contributed by atoms with Gasteiger partial charge in [-0.1, -0.05) is 38.5 Å². The number of nitrogens with one attached hydrogen (secondary N) is 1. The Morgan fingerprint density at radius 1 is 1.28 bits per heavy atom. The third kappa shape index (κ3) is 3.05. The van der Waals surface area contributed by atoms with Crippen LogP contribution in [0.1, 0.15) is 44.6 Å². The summed E-state index contributed by atoms with van der Waals surface area (Å²) < 4.78 is 5.51. The minimum Gasteiger partial charge on any atom is -0.496 e. The molecular weight excluding hydrogens is 222 g/mol. The van der Waals surface area contributed by atoms with Crippen molar-refractivity contribution in [1.29, 1.82) is 0 Å². The Balaban J connectivity index is 2.10. The van der Waals surface area contributed by atoms with Gasteiger partial charge in [-0.15, -0.1) is 0 Å². The molecule has 2 atom stereocenters. The monoisotopic (exact) mass is 247 g/mol. The molecule has 0 amide bonds. The Bertz CT molecular complexity index is 375. The lowest BCUT2D eigenvalue weighted by Crippen LogP contribution is -2.30. The average molecular weight is 247 g/mol. The number of hydrogen-bond acceptors (Lipinski definition) is 2. The Hall–Kier alpha value is -1.02. The summed E-state index contributed by atoms with van der Waals surface area (Å²) in [5, 5.41) is 3.58. The van der Waals surface area contributed by atoms with Crippen LogP contribution in [-0.2, 0) is 0 Å². The molecule has 0 heterocycles. The molecule has 18 heavy (non-hydrogen) atoms. The maximum Gasteiger partial charge on any atom is 0.122 e. The van der Waals surface area contributed by atoms with E-state index in [1.807, 2.05) is 0 Å². The Labute approximate surface area is 111 Å². The van der Waals surface area contributed by atoms with Gasteiger partial charge in [0, 0.05) is 6.04 Å². The van der Waals surface area contributed by atoms with Gasteiger partial charge >= 0.3 is 0 Å². The summed E-state index contributed by atoms with van der Waals surface area (Å²) in [6, 6.07) is 9.07. The van der Waals surface area contributed by atoms with Crippen molar-refractivity contribution in [2.75, 3.05) is 13.7 Å². The van der Waals surface area contributed by atoms with Gasteiger partial charge in [-0.3, -0.25) is 0 Å². The topological polar surface area (TPSA) is 21.3 Å². The van der Waals surface area contributed by atoms with Gasteiger partial charge in [0.2, 0.25) is 0 Å². The molecule has 1 fully saturated rings. The smallest absolute Gasteiger partial charge is 0.122 e. The van der Waals surface area contributed by atoms with Gasteiger partial charge in [0.1, 0.15) is 5.75 Å². The molecule has 2 nitrogen and oxygen atoms in total. The number of hydrogen-bond donors (Lipinski definition) is 1. The summed E-state index contributed by atoms with van der Waals surface area (Å²) in [6.45, 7) is 5.56. The Kier molecular flexibility index (Phi) is 4.65. The molecule has 0 aliphatic heterocycles. The lowest BCUT2D eigenvalue weighted by molar-refractivity contribution is 0.384. The molecule has 2 rings (SSSR count). The second kappa shape index (κ2) is 6.24. The molecule has 1 aromatic rings. The quantitative estimate of drug-likeness (QED) is 0.858. The first-order valence-electron chi connectivity index (χ1n) is 7.08. The first-order chi connectivity index (χ1) is 8.72. The van der Waals surface area contributed by atoms with Crippen LogP contribution in [0.5, 0.6) is 5.75 Å². The molecule has 0 saturated heterocycles. The summed E-state index contributed by atoms with van der Waals surface area (Å²) in [7, 11) is 1.77. The van der Waals surface area contributed by atoms with Crippen molar-refractivity contribution in [3.63, 3.8) is 0 Å². The van der Waals surface area contributed by atoms with Crippen LogP contribution in [0.15, 0.2) is 24.3 Å². The molecule has 0 spiro atoms. The highest BCUT2D eigenvalue weighted by molar-refractivity contribution is 5.37. The van der Waals surface area contributed by atoms with E-state index in [0.717, 1.165) is 18.2 Å².